The van der Waals surface area contributed by atoms with Crippen LogP contribution in [0.15, 0.2) is 54.9 Å². The van der Waals surface area contributed by atoms with Crippen LogP contribution < -0.4 is 5.32 Å². The van der Waals surface area contributed by atoms with Crippen LogP contribution >= 0.6 is 0 Å². The molecule has 1 aliphatic carbocycles. The molecule has 1 aromatic heterocycles. The summed E-state index contributed by atoms with van der Waals surface area (Å²) in [4.78, 5) is 6.87. The highest BCUT2D eigenvalue weighted by Gasteiger charge is 2.44. The molecule has 0 radical (unpaired) electrons. The summed E-state index contributed by atoms with van der Waals surface area (Å²) in [5.41, 5.74) is 4.43. The summed E-state index contributed by atoms with van der Waals surface area (Å²) < 4.78 is 23.7. The molecule has 3 aromatic rings. The second-order valence-corrected chi connectivity index (χ2v) is 11.9. The van der Waals surface area contributed by atoms with Crippen molar-refractivity contribution in [3.63, 3.8) is 0 Å². The summed E-state index contributed by atoms with van der Waals surface area (Å²) in [5.74, 6) is 0.109. The van der Waals surface area contributed by atoms with Crippen LogP contribution in [0.4, 0.5) is 5.69 Å². The molecular weight excluding hydrogens is 418 g/mol. The van der Waals surface area contributed by atoms with Crippen LogP contribution in [0.1, 0.15) is 42.4 Å². The molecule has 32 heavy (non-hydrogen) atoms. The summed E-state index contributed by atoms with van der Waals surface area (Å²) in [7, 11) is -3.05. The molecule has 0 atom stereocenters. The highest BCUT2D eigenvalue weighted by molar-refractivity contribution is 7.89. The van der Waals surface area contributed by atoms with Crippen LogP contribution in [-0.4, -0.2) is 42.7 Å². The maximum Gasteiger partial charge on any atom is 0.151 e. The van der Waals surface area contributed by atoms with Gasteiger partial charge in [-0.05, 0) is 61.4 Å². The van der Waals surface area contributed by atoms with E-state index in [0.717, 1.165) is 29.6 Å². The predicted molar refractivity (Wildman–Crippen MR) is 130 cm³/mol. The zero-order chi connectivity index (χ0) is 22.3. The molecule has 2 aromatic carbocycles. The number of rotatable bonds is 6. The average Bonchev–Trinajstić information content (AvgIpc) is 2.76. The molecule has 3 aliphatic rings. The van der Waals surface area contributed by atoms with E-state index in [1.165, 1.54) is 48.6 Å². The molecule has 1 saturated carbocycles. The number of piperidine rings is 2. The van der Waals surface area contributed by atoms with Gasteiger partial charge in [0.15, 0.2) is 9.84 Å². The van der Waals surface area contributed by atoms with E-state index in [2.05, 4.69) is 57.7 Å². The van der Waals surface area contributed by atoms with Crippen LogP contribution in [0.5, 0.6) is 0 Å². The van der Waals surface area contributed by atoms with Gasteiger partial charge < -0.3 is 5.32 Å². The third-order valence-corrected chi connectivity index (χ3v) is 8.07. The Kier molecular flexibility index (Phi) is 5.46. The van der Waals surface area contributed by atoms with Crippen LogP contribution in [-0.2, 0) is 22.1 Å². The molecule has 2 bridgehead atoms. The van der Waals surface area contributed by atoms with Gasteiger partial charge >= 0.3 is 0 Å². The Balaban J connectivity index is 1.37. The van der Waals surface area contributed by atoms with E-state index >= 15 is 0 Å². The minimum atomic E-state index is -3.05. The zero-order valence-corrected chi connectivity index (χ0v) is 19.7. The van der Waals surface area contributed by atoms with Gasteiger partial charge in [0, 0.05) is 54.2 Å². The van der Waals surface area contributed by atoms with Crippen LogP contribution in [0, 0.1) is 6.92 Å². The van der Waals surface area contributed by atoms with Gasteiger partial charge in [-0.25, -0.2) is 8.42 Å². The number of nitrogens with one attached hydrogen (secondary N) is 1. The monoisotopic (exact) mass is 449 g/mol. The maximum atomic E-state index is 11.8. The number of aryl methyl sites for hydroxylation is 1. The first kappa shape index (κ1) is 21.4. The zero-order valence-electron chi connectivity index (χ0n) is 18.8. The molecule has 3 fully saturated rings. The number of benzene rings is 2. The SMILES string of the molecule is Cc1ccc(CN2CC3(Nc4cccc5cnccc45)CCC2CC3)cc1CS(C)(=O)=O. The van der Waals surface area contributed by atoms with Gasteiger partial charge in [-0.2, -0.15) is 0 Å². The second kappa shape index (κ2) is 8.16. The third kappa shape index (κ3) is 4.39. The van der Waals surface area contributed by atoms with Gasteiger partial charge in [0.05, 0.1) is 11.3 Å². The number of nitrogens with zero attached hydrogens (tertiary/aromatic N) is 2. The predicted octanol–water partition coefficient (Wildman–Crippen LogP) is 4.70. The lowest BCUT2D eigenvalue weighted by atomic mass is 9.73. The van der Waals surface area contributed by atoms with Crippen molar-refractivity contribution >= 4 is 26.3 Å². The quantitative estimate of drug-likeness (QED) is 0.591. The molecule has 2 saturated heterocycles. The van der Waals surface area contributed by atoms with E-state index < -0.39 is 9.84 Å². The fourth-order valence-corrected chi connectivity index (χ4v) is 6.43. The number of sulfone groups is 1. The van der Waals surface area contributed by atoms with Crippen molar-refractivity contribution < 1.29 is 8.42 Å². The molecule has 6 rings (SSSR count). The maximum absolute atomic E-state index is 11.8. The molecule has 3 heterocycles. The van der Waals surface area contributed by atoms with Crippen molar-refractivity contribution in [3.05, 3.63) is 71.5 Å². The van der Waals surface area contributed by atoms with Crippen molar-refractivity contribution in [2.24, 2.45) is 0 Å². The normalized spacial score (nSPS) is 23.5. The van der Waals surface area contributed by atoms with E-state index in [-0.39, 0.29) is 11.3 Å². The Morgan fingerprint density at radius 3 is 2.75 bits per heavy atom. The Bertz CT molecular complexity index is 1240. The topological polar surface area (TPSA) is 62.3 Å². The average molecular weight is 450 g/mol. The Labute approximate surface area is 190 Å². The molecule has 6 heteroatoms. The largest absolute Gasteiger partial charge is 0.378 e. The fraction of sp³-hybridized carbons (Fsp3) is 0.423. The van der Waals surface area contributed by atoms with E-state index in [4.69, 9.17) is 0 Å². The molecule has 0 spiro atoms. The molecule has 0 amide bonds. The summed E-state index contributed by atoms with van der Waals surface area (Å²) in [6.07, 6.45) is 9.85. The lowest BCUT2D eigenvalue weighted by Crippen LogP contribution is -2.60. The van der Waals surface area contributed by atoms with Gasteiger partial charge in [0.1, 0.15) is 0 Å². The first-order valence-electron chi connectivity index (χ1n) is 11.4. The van der Waals surface area contributed by atoms with Crippen molar-refractivity contribution in [1.29, 1.82) is 0 Å². The standard InChI is InChI=1S/C26H31N3O2S/c1-19-6-7-20(14-22(19)17-32(2,30)31)16-29-18-26(11-8-23(29)9-12-26)28-25-5-3-4-21-15-27-13-10-24(21)25/h3-7,10,13-15,23,28H,8-9,11-12,16-18H2,1-2H3. The van der Waals surface area contributed by atoms with E-state index in [0.29, 0.717) is 6.04 Å². The minimum absolute atomic E-state index is 0.0760. The van der Waals surface area contributed by atoms with E-state index in [9.17, 15) is 8.42 Å². The van der Waals surface area contributed by atoms with Gasteiger partial charge in [0.25, 0.3) is 0 Å². The van der Waals surface area contributed by atoms with E-state index in [1.807, 2.05) is 19.3 Å². The molecule has 168 valence electrons. The number of anilines is 1. The molecular formula is C26H31N3O2S. The lowest BCUT2D eigenvalue weighted by Gasteiger charge is -2.53. The van der Waals surface area contributed by atoms with E-state index in [1.54, 1.807) is 0 Å². The summed E-state index contributed by atoms with van der Waals surface area (Å²) in [6.45, 7) is 3.87. The summed E-state index contributed by atoms with van der Waals surface area (Å²) in [5, 5.41) is 6.33. The Morgan fingerprint density at radius 1 is 1.16 bits per heavy atom. The first-order valence-corrected chi connectivity index (χ1v) is 13.5. The third-order valence-electron chi connectivity index (χ3n) is 7.23. The Morgan fingerprint density at radius 2 is 1.97 bits per heavy atom. The van der Waals surface area contributed by atoms with Crippen LogP contribution in [0.2, 0.25) is 0 Å². The number of fused-ring (bicyclic) bond motifs is 4. The van der Waals surface area contributed by atoms with Gasteiger partial charge in [-0.3, -0.25) is 9.88 Å². The first-order chi connectivity index (χ1) is 15.3. The van der Waals surface area contributed by atoms with Gasteiger partial charge in [0.2, 0.25) is 0 Å². The number of aromatic nitrogens is 1. The molecule has 0 unspecified atom stereocenters. The van der Waals surface area contributed by atoms with Crippen molar-refractivity contribution in [2.75, 3.05) is 18.1 Å². The summed E-state index contributed by atoms with van der Waals surface area (Å²) >= 11 is 0. The number of pyridine rings is 1. The lowest BCUT2D eigenvalue weighted by molar-refractivity contribution is 0.0339. The van der Waals surface area contributed by atoms with Gasteiger partial charge in [-0.15, -0.1) is 0 Å². The second-order valence-electron chi connectivity index (χ2n) is 9.77. The highest BCUT2D eigenvalue weighted by Crippen LogP contribution is 2.42. The summed E-state index contributed by atoms with van der Waals surface area (Å²) in [6, 6.07) is 15.4. The van der Waals surface area contributed by atoms with Crippen molar-refractivity contribution in [3.8, 4) is 0 Å². The molecule has 1 N–H and O–H groups in total. The number of hydrogen-bond acceptors (Lipinski definition) is 5. The molecule has 2 aliphatic heterocycles. The highest BCUT2D eigenvalue weighted by atomic mass is 32.2. The van der Waals surface area contributed by atoms with Gasteiger partial charge in [-0.1, -0.05) is 30.3 Å². The van der Waals surface area contributed by atoms with Crippen molar-refractivity contribution in [2.45, 2.75) is 56.5 Å². The van der Waals surface area contributed by atoms with Crippen LogP contribution in [0.25, 0.3) is 10.8 Å². The Hall–Kier alpha value is -2.44. The number of hydrogen-bond donors (Lipinski definition) is 1. The molecule has 5 nitrogen and oxygen atoms in total. The smallest absolute Gasteiger partial charge is 0.151 e. The minimum Gasteiger partial charge on any atom is -0.378 e. The van der Waals surface area contributed by atoms with Crippen molar-refractivity contribution in [1.82, 2.24) is 9.88 Å². The van der Waals surface area contributed by atoms with Crippen LogP contribution in [0.3, 0.4) is 0 Å². The fourth-order valence-electron chi connectivity index (χ4n) is 5.56.